The Bertz CT molecular complexity index is 1320. The average Bonchev–Trinajstić information content (AvgIpc) is 3.70. The van der Waals surface area contributed by atoms with Crippen LogP contribution in [0.5, 0.6) is 5.88 Å². The SMILES string of the molecule is [B]C([B])([B])OC(C)COc1ccc(-c2c(C#N)c(NC3CC3)nc(SCc3cccnc3)c2C#N)cn1. The van der Waals surface area contributed by atoms with Crippen LogP contribution >= 0.6 is 11.8 Å². The smallest absolute Gasteiger partial charge is 0.213 e. The molecule has 3 heterocycles. The van der Waals surface area contributed by atoms with Crippen molar-refractivity contribution >= 4 is 41.1 Å². The Balaban J connectivity index is 1.64. The molecule has 3 aromatic heterocycles. The maximum Gasteiger partial charge on any atom is 0.213 e. The molecule has 12 heteroatoms. The van der Waals surface area contributed by atoms with Crippen LogP contribution in [0, 0.1) is 22.7 Å². The molecule has 1 atom stereocenters. The van der Waals surface area contributed by atoms with Gasteiger partial charge in [-0.1, -0.05) is 6.07 Å². The molecule has 3 aromatic rings. The van der Waals surface area contributed by atoms with E-state index in [0.29, 0.717) is 44.7 Å². The zero-order valence-electron chi connectivity index (χ0n) is 20.2. The van der Waals surface area contributed by atoms with Gasteiger partial charge in [-0.15, -0.1) is 11.8 Å². The van der Waals surface area contributed by atoms with E-state index in [1.54, 1.807) is 37.6 Å². The lowest BCUT2D eigenvalue weighted by molar-refractivity contribution is 0.0253. The highest BCUT2D eigenvalue weighted by Crippen LogP contribution is 2.39. The van der Waals surface area contributed by atoms with Crippen molar-refractivity contribution in [2.45, 2.75) is 48.0 Å². The molecule has 1 N–H and O–H groups in total. The van der Waals surface area contributed by atoms with E-state index in [2.05, 4.69) is 32.4 Å². The summed E-state index contributed by atoms with van der Waals surface area (Å²) in [6.45, 7) is 1.83. The second kappa shape index (κ2) is 11.7. The number of pyridine rings is 3. The Labute approximate surface area is 224 Å². The number of nitriles is 2. The molecule has 1 unspecified atom stereocenters. The van der Waals surface area contributed by atoms with Crippen molar-refractivity contribution < 1.29 is 9.47 Å². The molecule has 8 nitrogen and oxygen atoms in total. The predicted molar refractivity (Wildman–Crippen MR) is 143 cm³/mol. The van der Waals surface area contributed by atoms with Crippen LogP contribution in [0.1, 0.15) is 36.5 Å². The van der Waals surface area contributed by atoms with Gasteiger partial charge in [0.15, 0.2) is 0 Å². The van der Waals surface area contributed by atoms with Gasteiger partial charge < -0.3 is 14.8 Å². The summed E-state index contributed by atoms with van der Waals surface area (Å²) in [5, 5.41) is 22.3. The van der Waals surface area contributed by atoms with Crippen molar-refractivity contribution in [1.29, 1.82) is 10.5 Å². The Kier molecular flexibility index (Phi) is 8.43. The third-order valence-electron chi connectivity index (χ3n) is 5.30. The summed E-state index contributed by atoms with van der Waals surface area (Å²) in [4.78, 5) is 13.2. The van der Waals surface area contributed by atoms with E-state index in [9.17, 15) is 10.5 Å². The zero-order valence-corrected chi connectivity index (χ0v) is 21.0. The normalized spacial score (nSPS) is 13.8. The number of nitrogens with zero attached hydrogens (tertiary/aromatic N) is 5. The number of hydrogen-bond acceptors (Lipinski definition) is 9. The Morgan fingerprint density at radius 1 is 1.16 bits per heavy atom. The molecule has 1 aliphatic rings. The van der Waals surface area contributed by atoms with Crippen LogP contribution in [0.3, 0.4) is 0 Å². The third-order valence-corrected chi connectivity index (χ3v) is 6.35. The molecule has 0 aliphatic heterocycles. The van der Waals surface area contributed by atoms with Gasteiger partial charge in [-0.25, -0.2) is 9.97 Å². The summed E-state index contributed by atoms with van der Waals surface area (Å²) < 4.78 is 10.9. The number of anilines is 1. The predicted octanol–water partition coefficient (Wildman–Crippen LogP) is 3.05. The molecule has 37 heavy (non-hydrogen) atoms. The number of thioether (sulfide) groups is 1. The van der Waals surface area contributed by atoms with Gasteiger partial charge in [0.1, 0.15) is 35.2 Å². The first kappa shape index (κ1) is 26.6. The fourth-order valence-electron chi connectivity index (χ4n) is 3.53. The van der Waals surface area contributed by atoms with Crippen LogP contribution in [-0.4, -0.2) is 62.5 Å². The minimum absolute atomic E-state index is 0.117. The summed E-state index contributed by atoms with van der Waals surface area (Å²) in [5.41, 5.74) is 2.69. The minimum atomic E-state index is -1.76. The lowest BCUT2D eigenvalue weighted by Crippen LogP contribution is -2.39. The molecule has 0 spiro atoms. The topological polar surface area (TPSA) is 117 Å². The van der Waals surface area contributed by atoms with Crippen LogP contribution < -0.4 is 10.1 Å². The van der Waals surface area contributed by atoms with E-state index >= 15 is 0 Å². The molecule has 0 saturated heterocycles. The zero-order chi connectivity index (χ0) is 26.4. The summed E-state index contributed by atoms with van der Waals surface area (Å²) in [6.07, 6.45) is 6.59. The average molecular weight is 502 g/mol. The summed E-state index contributed by atoms with van der Waals surface area (Å²) in [6, 6.07) is 12.0. The molecule has 1 fully saturated rings. The van der Waals surface area contributed by atoms with E-state index in [-0.39, 0.29) is 12.6 Å². The number of rotatable bonds is 11. The minimum Gasteiger partial charge on any atom is -0.475 e. The first-order valence-corrected chi connectivity index (χ1v) is 12.6. The summed E-state index contributed by atoms with van der Waals surface area (Å²) in [5.74, 6) is 1.36. The van der Waals surface area contributed by atoms with Crippen molar-refractivity contribution in [3.63, 3.8) is 0 Å². The fraction of sp³-hybridized carbons (Fsp3) is 0.320. The van der Waals surface area contributed by atoms with Gasteiger partial charge in [0.2, 0.25) is 5.88 Å². The molecule has 1 saturated carbocycles. The molecule has 178 valence electrons. The lowest BCUT2D eigenvalue weighted by atomic mass is 9.52. The van der Waals surface area contributed by atoms with Crippen molar-refractivity contribution in [3.05, 3.63) is 59.5 Å². The van der Waals surface area contributed by atoms with E-state index in [1.165, 1.54) is 11.8 Å². The van der Waals surface area contributed by atoms with E-state index in [1.807, 2.05) is 12.1 Å². The number of nitrogens with one attached hydrogen (secondary N) is 1. The van der Waals surface area contributed by atoms with Gasteiger partial charge >= 0.3 is 0 Å². The van der Waals surface area contributed by atoms with E-state index in [4.69, 9.17) is 33.0 Å². The number of ether oxygens (including phenoxy) is 2. The van der Waals surface area contributed by atoms with Crippen molar-refractivity contribution in [2.75, 3.05) is 11.9 Å². The molecule has 1 aliphatic carbocycles. The first-order chi connectivity index (χ1) is 17.8. The van der Waals surface area contributed by atoms with Crippen LogP contribution in [0.25, 0.3) is 11.1 Å². The molecule has 6 radical (unpaired) electrons. The van der Waals surface area contributed by atoms with Crippen LogP contribution in [0.4, 0.5) is 5.82 Å². The third kappa shape index (κ3) is 7.28. The van der Waals surface area contributed by atoms with Gasteiger partial charge in [-0.3, -0.25) is 4.98 Å². The fourth-order valence-corrected chi connectivity index (χ4v) is 4.45. The first-order valence-electron chi connectivity index (χ1n) is 11.6. The van der Waals surface area contributed by atoms with Gasteiger partial charge in [-0.05, 0) is 42.8 Å². The monoisotopic (exact) mass is 502 g/mol. The Morgan fingerprint density at radius 3 is 2.54 bits per heavy atom. The Hall–Kier alpha value is -3.47. The van der Waals surface area contributed by atoms with Gasteiger partial charge in [0, 0.05) is 47.6 Å². The second-order valence-electron chi connectivity index (χ2n) is 8.66. The largest absolute Gasteiger partial charge is 0.475 e. The lowest BCUT2D eigenvalue weighted by Gasteiger charge is -2.26. The highest BCUT2D eigenvalue weighted by molar-refractivity contribution is 7.98. The van der Waals surface area contributed by atoms with Crippen molar-refractivity contribution in [3.8, 4) is 29.1 Å². The summed E-state index contributed by atoms with van der Waals surface area (Å²) >= 11 is 1.42. The van der Waals surface area contributed by atoms with Crippen LogP contribution in [0.2, 0.25) is 0 Å². The van der Waals surface area contributed by atoms with E-state index < -0.39 is 11.4 Å². The quantitative estimate of drug-likeness (QED) is 0.312. The Morgan fingerprint density at radius 2 is 1.95 bits per heavy atom. The van der Waals surface area contributed by atoms with Crippen molar-refractivity contribution in [1.82, 2.24) is 15.0 Å². The molecule has 0 aromatic carbocycles. The van der Waals surface area contributed by atoms with Crippen LogP contribution in [-0.2, 0) is 10.5 Å². The highest BCUT2D eigenvalue weighted by atomic mass is 32.2. The summed E-state index contributed by atoms with van der Waals surface area (Å²) in [7, 11) is 16.4. The van der Waals surface area contributed by atoms with Crippen LogP contribution in [0.15, 0.2) is 47.9 Å². The maximum atomic E-state index is 10.1. The molecule has 4 rings (SSSR count). The highest BCUT2D eigenvalue weighted by Gasteiger charge is 2.27. The van der Waals surface area contributed by atoms with E-state index in [0.717, 1.165) is 18.4 Å². The molecule has 0 amide bonds. The van der Waals surface area contributed by atoms with Gasteiger partial charge in [0.25, 0.3) is 0 Å². The number of aromatic nitrogens is 3. The number of hydrogen-bond donors (Lipinski definition) is 1. The van der Waals surface area contributed by atoms with Gasteiger partial charge in [0.05, 0.1) is 35.2 Å². The standard InChI is InChI=1S/C25H21B3N6O2S/c1-15(36-25(26,27)28)13-35-21-7-4-17(12-32-21)22-19(9-29)23(33-18-5-6-18)34-24(20(22)10-30)37-14-16-3-2-8-31-11-16/h2-4,7-8,11-12,15,18H,5-6,13-14H2,1H3,(H,33,34). The second-order valence-corrected chi connectivity index (χ2v) is 9.62. The molecule has 0 bridgehead atoms. The van der Waals surface area contributed by atoms with Crippen molar-refractivity contribution in [2.24, 2.45) is 0 Å². The maximum absolute atomic E-state index is 10.1. The van der Waals surface area contributed by atoms with Gasteiger partial charge in [-0.2, -0.15) is 10.5 Å². The molecular weight excluding hydrogens is 481 g/mol. The molecular formula is C25H21B3N6O2S.